The molecule has 52 valence electrons. The molecule has 0 aromatic rings. The first-order chi connectivity index (χ1) is 4.31. The predicted molar refractivity (Wildman–Crippen MR) is 34.8 cm³/mol. The molecule has 0 aliphatic carbocycles. The molecule has 0 aromatic heterocycles. The van der Waals surface area contributed by atoms with Crippen LogP contribution < -0.4 is 5.32 Å². The maximum Gasteiger partial charge on any atom is 0.0895 e. The Balaban J connectivity index is 2.99. The fourth-order valence-corrected chi connectivity index (χ4v) is 0.375. The van der Waals surface area contributed by atoms with Crippen LogP contribution in [0.2, 0.25) is 0 Å². The number of aliphatic hydroxyl groups is 2. The molecule has 0 saturated carbocycles. The quantitative estimate of drug-likeness (QED) is 0.322. The van der Waals surface area contributed by atoms with Crippen molar-refractivity contribution in [3.8, 4) is 12.3 Å². The zero-order valence-electron chi connectivity index (χ0n) is 5.17. The highest BCUT2D eigenvalue weighted by Crippen LogP contribution is 1.74. The average molecular weight is 129 g/mol. The Morgan fingerprint density at radius 1 is 1.67 bits per heavy atom. The van der Waals surface area contributed by atoms with Gasteiger partial charge < -0.3 is 15.5 Å². The highest BCUT2D eigenvalue weighted by Gasteiger charge is 1.97. The lowest BCUT2D eigenvalue weighted by Gasteiger charge is -2.04. The van der Waals surface area contributed by atoms with Crippen LogP contribution in [-0.4, -0.2) is 36.0 Å². The van der Waals surface area contributed by atoms with E-state index in [2.05, 4.69) is 11.2 Å². The van der Waals surface area contributed by atoms with Crippen LogP contribution in [0.25, 0.3) is 0 Å². The Kier molecular flexibility index (Phi) is 5.23. The van der Waals surface area contributed by atoms with Crippen LogP contribution in [0.15, 0.2) is 0 Å². The van der Waals surface area contributed by atoms with Gasteiger partial charge in [-0.05, 0) is 0 Å². The molecular formula is C6H11NO2. The van der Waals surface area contributed by atoms with Crippen molar-refractivity contribution in [3.05, 3.63) is 0 Å². The summed E-state index contributed by atoms with van der Waals surface area (Å²) in [7, 11) is 0. The molecule has 0 rings (SSSR count). The first-order valence-electron chi connectivity index (χ1n) is 2.74. The van der Waals surface area contributed by atoms with E-state index in [-0.39, 0.29) is 6.61 Å². The van der Waals surface area contributed by atoms with E-state index in [1.807, 2.05) is 0 Å². The van der Waals surface area contributed by atoms with E-state index < -0.39 is 6.10 Å². The van der Waals surface area contributed by atoms with Gasteiger partial charge in [0.2, 0.25) is 0 Å². The van der Waals surface area contributed by atoms with Crippen molar-refractivity contribution in [1.29, 1.82) is 0 Å². The van der Waals surface area contributed by atoms with Gasteiger partial charge in [0.25, 0.3) is 0 Å². The molecule has 0 aliphatic rings. The Hall–Kier alpha value is -0.560. The van der Waals surface area contributed by atoms with E-state index in [1.165, 1.54) is 0 Å². The molecule has 9 heavy (non-hydrogen) atoms. The minimum atomic E-state index is -0.696. The van der Waals surface area contributed by atoms with E-state index >= 15 is 0 Å². The highest BCUT2D eigenvalue weighted by molar-refractivity contribution is 4.86. The summed E-state index contributed by atoms with van der Waals surface area (Å²) in [5.74, 6) is 2.34. The smallest absolute Gasteiger partial charge is 0.0895 e. The molecule has 0 aliphatic heterocycles. The largest absolute Gasteiger partial charge is 0.394 e. The van der Waals surface area contributed by atoms with E-state index in [1.54, 1.807) is 0 Å². The monoisotopic (exact) mass is 129 g/mol. The SMILES string of the molecule is C#CCNC[C@H](O)CO. The Bertz CT molecular complexity index is 97.7. The molecule has 3 nitrogen and oxygen atoms in total. The number of hydrogen-bond donors (Lipinski definition) is 3. The fraction of sp³-hybridized carbons (Fsp3) is 0.667. The Morgan fingerprint density at radius 3 is 2.78 bits per heavy atom. The van der Waals surface area contributed by atoms with Crippen LogP contribution in [0.3, 0.4) is 0 Å². The summed E-state index contributed by atoms with van der Waals surface area (Å²) in [5.41, 5.74) is 0. The minimum absolute atomic E-state index is 0.225. The number of hydrogen-bond acceptors (Lipinski definition) is 3. The van der Waals surface area contributed by atoms with E-state index in [0.29, 0.717) is 13.1 Å². The third-order valence-corrected chi connectivity index (χ3v) is 0.818. The van der Waals surface area contributed by atoms with Gasteiger partial charge in [0.1, 0.15) is 0 Å². The fourth-order valence-electron chi connectivity index (χ4n) is 0.375. The van der Waals surface area contributed by atoms with Gasteiger partial charge in [-0.3, -0.25) is 0 Å². The van der Waals surface area contributed by atoms with Crippen molar-refractivity contribution in [2.45, 2.75) is 6.10 Å². The second-order valence-corrected chi connectivity index (χ2v) is 1.67. The van der Waals surface area contributed by atoms with Crippen molar-refractivity contribution < 1.29 is 10.2 Å². The summed E-state index contributed by atoms with van der Waals surface area (Å²) < 4.78 is 0. The first kappa shape index (κ1) is 8.44. The molecule has 0 unspecified atom stereocenters. The van der Waals surface area contributed by atoms with E-state index in [9.17, 15) is 0 Å². The third kappa shape index (κ3) is 5.31. The molecule has 0 saturated heterocycles. The standard InChI is InChI=1S/C6H11NO2/c1-2-3-7-4-6(9)5-8/h1,6-9H,3-5H2/t6-/m0/s1. The second-order valence-electron chi connectivity index (χ2n) is 1.67. The maximum atomic E-state index is 8.70. The highest BCUT2D eigenvalue weighted by atomic mass is 16.3. The maximum absolute atomic E-state index is 8.70. The lowest BCUT2D eigenvalue weighted by Crippen LogP contribution is -2.29. The molecular weight excluding hydrogens is 118 g/mol. The summed E-state index contributed by atoms with van der Waals surface area (Å²) in [6.07, 6.45) is 4.20. The van der Waals surface area contributed by atoms with Gasteiger partial charge in [-0.15, -0.1) is 6.42 Å². The molecule has 0 fully saturated rings. The lowest BCUT2D eigenvalue weighted by molar-refractivity contribution is 0.0954. The molecule has 0 radical (unpaired) electrons. The Morgan fingerprint density at radius 2 is 2.33 bits per heavy atom. The molecule has 0 spiro atoms. The molecule has 1 atom stereocenters. The summed E-state index contributed by atoms with van der Waals surface area (Å²) in [6.45, 7) is 0.551. The van der Waals surface area contributed by atoms with E-state index in [0.717, 1.165) is 0 Å². The van der Waals surface area contributed by atoms with Gasteiger partial charge in [-0.2, -0.15) is 0 Å². The van der Waals surface area contributed by atoms with Crippen LogP contribution in [-0.2, 0) is 0 Å². The van der Waals surface area contributed by atoms with Crippen LogP contribution in [0.5, 0.6) is 0 Å². The average Bonchev–Trinajstić information content (AvgIpc) is 1.89. The zero-order valence-corrected chi connectivity index (χ0v) is 5.17. The van der Waals surface area contributed by atoms with Crippen molar-refractivity contribution >= 4 is 0 Å². The van der Waals surface area contributed by atoms with Crippen molar-refractivity contribution in [2.24, 2.45) is 0 Å². The molecule has 0 heterocycles. The molecule has 3 N–H and O–H groups in total. The molecule has 0 aromatic carbocycles. The minimum Gasteiger partial charge on any atom is -0.394 e. The predicted octanol–water partition coefficient (Wildman–Crippen LogP) is -1.44. The van der Waals surface area contributed by atoms with Crippen LogP contribution in [0.4, 0.5) is 0 Å². The van der Waals surface area contributed by atoms with Crippen LogP contribution in [0, 0.1) is 12.3 Å². The summed E-state index contributed by atoms with van der Waals surface area (Å²) in [4.78, 5) is 0. The second kappa shape index (κ2) is 5.57. The molecule has 3 heteroatoms. The number of terminal acetylenes is 1. The van der Waals surface area contributed by atoms with Crippen molar-refractivity contribution in [3.63, 3.8) is 0 Å². The van der Waals surface area contributed by atoms with Gasteiger partial charge >= 0.3 is 0 Å². The number of nitrogens with one attached hydrogen (secondary N) is 1. The molecule has 0 bridgehead atoms. The Labute approximate surface area is 54.7 Å². The summed E-state index contributed by atoms with van der Waals surface area (Å²) in [5, 5.41) is 19.7. The van der Waals surface area contributed by atoms with Gasteiger partial charge in [0.05, 0.1) is 19.3 Å². The number of aliphatic hydroxyl groups excluding tert-OH is 2. The van der Waals surface area contributed by atoms with Crippen molar-refractivity contribution in [1.82, 2.24) is 5.32 Å². The van der Waals surface area contributed by atoms with Gasteiger partial charge in [-0.25, -0.2) is 0 Å². The van der Waals surface area contributed by atoms with E-state index in [4.69, 9.17) is 16.6 Å². The van der Waals surface area contributed by atoms with Crippen LogP contribution >= 0.6 is 0 Å². The topological polar surface area (TPSA) is 52.5 Å². The normalized spacial score (nSPS) is 12.6. The van der Waals surface area contributed by atoms with Gasteiger partial charge in [0.15, 0.2) is 0 Å². The first-order valence-corrected chi connectivity index (χ1v) is 2.74. The summed E-state index contributed by atoms with van der Waals surface area (Å²) in [6, 6.07) is 0. The van der Waals surface area contributed by atoms with Gasteiger partial charge in [-0.1, -0.05) is 5.92 Å². The number of rotatable bonds is 4. The van der Waals surface area contributed by atoms with Gasteiger partial charge in [0, 0.05) is 6.54 Å². The van der Waals surface area contributed by atoms with Crippen LogP contribution in [0.1, 0.15) is 0 Å². The summed E-state index contributed by atoms with van der Waals surface area (Å²) >= 11 is 0. The molecule has 0 amide bonds. The zero-order chi connectivity index (χ0) is 7.11. The third-order valence-electron chi connectivity index (χ3n) is 0.818. The van der Waals surface area contributed by atoms with Crippen molar-refractivity contribution in [2.75, 3.05) is 19.7 Å². The lowest BCUT2D eigenvalue weighted by atomic mass is 10.4.